The summed E-state index contributed by atoms with van der Waals surface area (Å²) in [6.45, 7) is 0. The molecule has 0 amide bonds. The maximum atomic E-state index is 13.1. The van der Waals surface area contributed by atoms with Crippen LogP contribution in [0.4, 0.5) is 4.39 Å². The molecule has 0 fully saturated rings. The summed E-state index contributed by atoms with van der Waals surface area (Å²) in [6.07, 6.45) is 1.49. The van der Waals surface area contributed by atoms with E-state index in [-0.39, 0.29) is 5.82 Å². The molecule has 1 aromatic heterocycles. The highest BCUT2D eigenvalue weighted by molar-refractivity contribution is 5.56. The molecular formula is C9H6FNO. The molecule has 3 heteroatoms. The molecule has 0 bridgehead atoms. The number of rotatable bonds is 1. The van der Waals surface area contributed by atoms with E-state index in [9.17, 15) is 4.39 Å². The van der Waals surface area contributed by atoms with E-state index in [2.05, 4.69) is 5.16 Å². The zero-order chi connectivity index (χ0) is 8.39. The van der Waals surface area contributed by atoms with Gasteiger partial charge in [-0.15, -0.1) is 0 Å². The molecule has 2 nitrogen and oxygen atoms in total. The van der Waals surface area contributed by atoms with Crippen molar-refractivity contribution in [3.05, 3.63) is 42.3 Å². The van der Waals surface area contributed by atoms with Gasteiger partial charge in [-0.2, -0.15) is 0 Å². The molecule has 0 saturated heterocycles. The first-order valence-corrected chi connectivity index (χ1v) is 3.53. The average molecular weight is 163 g/mol. The summed E-state index contributed by atoms with van der Waals surface area (Å²) in [6, 6.07) is 8.04. The van der Waals surface area contributed by atoms with Gasteiger partial charge in [0.25, 0.3) is 0 Å². The Kier molecular flexibility index (Phi) is 1.63. The number of halogens is 1. The minimum atomic E-state index is -0.297. The summed E-state index contributed by atoms with van der Waals surface area (Å²) < 4.78 is 17.9. The molecule has 60 valence electrons. The lowest BCUT2D eigenvalue weighted by Crippen LogP contribution is -1.79. The van der Waals surface area contributed by atoms with Gasteiger partial charge in [-0.1, -0.05) is 17.3 Å². The van der Waals surface area contributed by atoms with Gasteiger partial charge >= 0.3 is 0 Å². The van der Waals surface area contributed by atoms with Crippen molar-refractivity contribution < 1.29 is 8.91 Å². The van der Waals surface area contributed by atoms with Crippen LogP contribution in [0.1, 0.15) is 0 Å². The second kappa shape index (κ2) is 2.77. The number of hydrogen-bond acceptors (Lipinski definition) is 2. The fourth-order valence-electron chi connectivity index (χ4n) is 1.02. The van der Waals surface area contributed by atoms with Crippen LogP contribution < -0.4 is 0 Å². The van der Waals surface area contributed by atoms with Crippen molar-refractivity contribution in [3.63, 3.8) is 0 Å². The average Bonchev–Trinajstić information content (AvgIpc) is 2.57. The molecule has 1 heterocycles. The maximum absolute atomic E-state index is 13.1. The van der Waals surface area contributed by atoms with Crippen LogP contribution in [0.2, 0.25) is 0 Å². The largest absolute Gasteiger partial charge is 0.356 e. The van der Waals surface area contributed by atoms with E-state index in [4.69, 9.17) is 4.52 Å². The van der Waals surface area contributed by atoms with Crippen molar-refractivity contribution in [1.82, 2.24) is 5.16 Å². The van der Waals surface area contributed by atoms with Gasteiger partial charge in [0.05, 0.1) is 11.8 Å². The van der Waals surface area contributed by atoms with E-state index in [0.717, 1.165) is 0 Å². The first-order valence-electron chi connectivity index (χ1n) is 3.53. The van der Waals surface area contributed by atoms with Gasteiger partial charge in [0.2, 0.25) is 0 Å². The molecule has 0 spiro atoms. The van der Waals surface area contributed by atoms with Crippen LogP contribution in [0.15, 0.2) is 41.1 Å². The van der Waals surface area contributed by atoms with Gasteiger partial charge in [-0.05, 0) is 12.1 Å². The number of hydrogen-bond donors (Lipinski definition) is 0. The van der Waals surface area contributed by atoms with E-state index in [0.29, 0.717) is 11.3 Å². The summed E-state index contributed by atoms with van der Waals surface area (Å²) >= 11 is 0. The van der Waals surface area contributed by atoms with Crippen LogP contribution in [0.5, 0.6) is 0 Å². The van der Waals surface area contributed by atoms with Crippen molar-refractivity contribution in [3.8, 4) is 11.3 Å². The molecule has 2 aromatic rings. The van der Waals surface area contributed by atoms with Crippen molar-refractivity contribution in [2.45, 2.75) is 0 Å². The third-order valence-corrected chi connectivity index (χ3v) is 1.58. The number of aromatic nitrogens is 1. The summed E-state index contributed by atoms with van der Waals surface area (Å²) in [4.78, 5) is 0. The summed E-state index contributed by atoms with van der Waals surface area (Å²) in [5, 5.41) is 3.50. The van der Waals surface area contributed by atoms with Crippen LogP contribution in [-0.4, -0.2) is 5.16 Å². The Hall–Kier alpha value is -1.64. The fourth-order valence-corrected chi connectivity index (χ4v) is 1.02. The van der Waals surface area contributed by atoms with Crippen molar-refractivity contribution >= 4 is 0 Å². The zero-order valence-corrected chi connectivity index (χ0v) is 6.20. The molecule has 0 radical (unpaired) electrons. The maximum Gasteiger partial charge on any atom is 0.169 e. The molecule has 0 saturated carbocycles. The Morgan fingerprint density at radius 2 is 2.00 bits per heavy atom. The highest BCUT2D eigenvalue weighted by Gasteiger charge is 2.05. The minimum absolute atomic E-state index is 0.297. The van der Waals surface area contributed by atoms with E-state index in [1.165, 1.54) is 12.3 Å². The predicted molar refractivity (Wildman–Crippen MR) is 41.9 cm³/mol. The lowest BCUT2D eigenvalue weighted by molar-refractivity contribution is 0.430. The highest BCUT2D eigenvalue weighted by Crippen LogP contribution is 2.20. The third-order valence-electron chi connectivity index (χ3n) is 1.58. The first kappa shape index (κ1) is 7.03. The lowest BCUT2D eigenvalue weighted by atomic mass is 10.2. The first-order chi connectivity index (χ1) is 5.88. The lowest BCUT2D eigenvalue weighted by Gasteiger charge is -1.95. The van der Waals surface area contributed by atoms with Crippen molar-refractivity contribution in [2.24, 2.45) is 0 Å². The summed E-state index contributed by atoms with van der Waals surface area (Å²) in [5.41, 5.74) is 0.440. The molecule has 12 heavy (non-hydrogen) atoms. The summed E-state index contributed by atoms with van der Waals surface area (Å²) in [5.74, 6) is 0.155. The molecule has 0 aliphatic heterocycles. The molecule has 2 rings (SSSR count). The third kappa shape index (κ3) is 1.09. The smallest absolute Gasteiger partial charge is 0.169 e. The Labute approximate surface area is 68.6 Å². The van der Waals surface area contributed by atoms with E-state index in [1.54, 1.807) is 24.3 Å². The van der Waals surface area contributed by atoms with Crippen LogP contribution in [0.3, 0.4) is 0 Å². The molecule has 0 unspecified atom stereocenters. The van der Waals surface area contributed by atoms with Crippen LogP contribution in [-0.2, 0) is 0 Å². The molecule has 0 aliphatic carbocycles. The van der Waals surface area contributed by atoms with Gasteiger partial charge in [0.1, 0.15) is 5.82 Å². The molecule has 1 aromatic carbocycles. The van der Waals surface area contributed by atoms with Crippen molar-refractivity contribution in [2.75, 3.05) is 0 Å². The topological polar surface area (TPSA) is 26.0 Å². The highest BCUT2D eigenvalue weighted by atomic mass is 19.1. The second-order valence-corrected chi connectivity index (χ2v) is 2.36. The van der Waals surface area contributed by atoms with E-state index < -0.39 is 0 Å². The standard InChI is InChI=1S/C9H6FNO/c10-8-4-2-1-3-7(8)9-5-6-11-12-9/h1-6H. The Bertz CT molecular complexity index is 370. The Morgan fingerprint density at radius 3 is 2.67 bits per heavy atom. The van der Waals surface area contributed by atoms with Gasteiger partial charge in [-0.3, -0.25) is 0 Å². The van der Waals surface area contributed by atoms with Gasteiger partial charge in [0.15, 0.2) is 5.76 Å². The molecular weight excluding hydrogens is 157 g/mol. The normalized spacial score (nSPS) is 10.1. The zero-order valence-electron chi connectivity index (χ0n) is 6.20. The van der Waals surface area contributed by atoms with Gasteiger partial charge in [0, 0.05) is 6.07 Å². The Morgan fingerprint density at radius 1 is 1.17 bits per heavy atom. The number of benzene rings is 1. The fraction of sp³-hybridized carbons (Fsp3) is 0. The quantitative estimate of drug-likeness (QED) is 0.645. The van der Waals surface area contributed by atoms with Crippen LogP contribution >= 0.6 is 0 Å². The Balaban J connectivity index is 2.55. The van der Waals surface area contributed by atoms with Gasteiger partial charge < -0.3 is 4.52 Å². The van der Waals surface area contributed by atoms with E-state index >= 15 is 0 Å². The van der Waals surface area contributed by atoms with Crippen molar-refractivity contribution in [1.29, 1.82) is 0 Å². The van der Waals surface area contributed by atoms with E-state index in [1.807, 2.05) is 0 Å². The van der Waals surface area contributed by atoms with Crippen LogP contribution in [0.25, 0.3) is 11.3 Å². The second-order valence-electron chi connectivity index (χ2n) is 2.36. The molecule has 0 aliphatic rings. The minimum Gasteiger partial charge on any atom is -0.356 e. The number of nitrogens with zero attached hydrogens (tertiary/aromatic N) is 1. The predicted octanol–water partition coefficient (Wildman–Crippen LogP) is 2.48. The summed E-state index contributed by atoms with van der Waals surface area (Å²) in [7, 11) is 0. The van der Waals surface area contributed by atoms with Gasteiger partial charge in [-0.25, -0.2) is 4.39 Å². The molecule has 0 atom stereocenters. The molecule has 0 N–H and O–H groups in total. The monoisotopic (exact) mass is 163 g/mol. The van der Waals surface area contributed by atoms with Crippen LogP contribution in [0, 0.1) is 5.82 Å². The SMILES string of the molecule is Fc1ccccc1-c1ccno1.